The van der Waals surface area contributed by atoms with Crippen LogP contribution >= 0.6 is 0 Å². The number of benzene rings is 15. The average molecular weight is 1380 g/mol. The molecule has 0 amide bonds. The molecule has 0 unspecified atom stereocenters. The van der Waals surface area contributed by atoms with Crippen LogP contribution in [0.15, 0.2) is 382 Å². The summed E-state index contributed by atoms with van der Waals surface area (Å²) in [6.07, 6.45) is 0. The van der Waals surface area contributed by atoms with Gasteiger partial charge in [-0.05, 0) is 87.3 Å². The number of aromatic nitrogens is 9. The third kappa shape index (κ3) is 11.4. The van der Waals surface area contributed by atoms with E-state index < -0.39 is 0 Å². The number of para-hydroxylation sites is 4. The molecule has 21 aromatic rings. The SMILES string of the molecule is c1ccc(-c2cc(-c3ccccc3)nc(-c3ccc(-c4nc5ccccc5c5c4c4ccccc4n5-c4ccc5ccccc5c4)cc3)n2)cc1.c1ccc(-c2ccc(-c3nc(-c4ccccc4)nc(-c4ccc(-c5nc6ccccc6c6c5c5ccccc5n6-c5ccc6ccccc6c5)cc4)n3)cc2)cc1. The van der Waals surface area contributed by atoms with Crippen LogP contribution in [-0.2, 0) is 0 Å². The molecule has 6 aromatic heterocycles. The van der Waals surface area contributed by atoms with E-state index in [2.05, 4.69) is 319 Å². The van der Waals surface area contributed by atoms with Crippen molar-refractivity contribution >= 4 is 87.0 Å². The van der Waals surface area contributed by atoms with E-state index in [0.29, 0.717) is 23.3 Å². The summed E-state index contributed by atoms with van der Waals surface area (Å²) in [5.41, 5.74) is 22.6. The van der Waals surface area contributed by atoms with Gasteiger partial charge in [0.15, 0.2) is 23.3 Å². The summed E-state index contributed by atoms with van der Waals surface area (Å²) in [5.74, 6) is 2.56. The first-order valence-corrected chi connectivity index (χ1v) is 36.3. The first kappa shape index (κ1) is 63.1. The maximum atomic E-state index is 5.37. The Bertz CT molecular complexity index is 6940. The zero-order chi connectivity index (χ0) is 71.4. The van der Waals surface area contributed by atoms with Gasteiger partial charge in [-0.15, -0.1) is 0 Å². The number of rotatable bonds is 11. The van der Waals surface area contributed by atoms with Gasteiger partial charge in [0.1, 0.15) is 0 Å². The minimum Gasteiger partial charge on any atom is -0.308 e. The van der Waals surface area contributed by atoms with Gasteiger partial charge in [0.2, 0.25) is 0 Å². The largest absolute Gasteiger partial charge is 0.308 e. The van der Waals surface area contributed by atoms with Crippen LogP contribution in [0.25, 0.3) is 200 Å². The minimum absolute atomic E-state index is 0.613. The summed E-state index contributed by atoms with van der Waals surface area (Å²) in [6.45, 7) is 0. The zero-order valence-corrected chi connectivity index (χ0v) is 58.4. The van der Waals surface area contributed by atoms with Crippen LogP contribution in [0, 0.1) is 0 Å². The summed E-state index contributed by atoms with van der Waals surface area (Å²) in [4.78, 5) is 35.9. The van der Waals surface area contributed by atoms with Crippen molar-refractivity contribution < 1.29 is 0 Å². The lowest BCUT2D eigenvalue weighted by Crippen LogP contribution is -2.00. The van der Waals surface area contributed by atoms with E-state index in [4.69, 9.17) is 34.9 Å². The van der Waals surface area contributed by atoms with Crippen LogP contribution in [-0.4, -0.2) is 44.0 Å². The van der Waals surface area contributed by atoms with Gasteiger partial charge in [0.05, 0.1) is 55.9 Å². The van der Waals surface area contributed by atoms with Crippen molar-refractivity contribution in [2.24, 2.45) is 0 Å². The Labute approximate surface area is 622 Å². The Morgan fingerprint density at radius 3 is 0.898 bits per heavy atom. The fourth-order valence-corrected chi connectivity index (χ4v) is 15.4. The van der Waals surface area contributed by atoms with Crippen molar-refractivity contribution in [3.63, 3.8) is 0 Å². The predicted molar refractivity (Wildman–Crippen MR) is 445 cm³/mol. The molecule has 0 fully saturated rings. The second kappa shape index (κ2) is 26.9. The molecule has 15 aromatic carbocycles. The molecule has 9 heteroatoms. The maximum Gasteiger partial charge on any atom is 0.164 e. The molecule has 108 heavy (non-hydrogen) atoms. The van der Waals surface area contributed by atoms with Crippen molar-refractivity contribution in [1.82, 2.24) is 44.0 Å². The van der Waals surface area contributed by atoms with E-state index in [1.807, 2.05) is 72.8 Å². The molecule has 6 heterocycles. The fraction of sp³-hybridized carbons (Fsp3) is 0. The second-order valence-electron chi connectivity index (χ2n) is 27.1. The zero-order valence-electron chi connectivity index (χ0n) is 58.4. The fourth-order valence-electron chi connectivity index (χ4n) is 15.4. The van der Waals surface area contributed by atoms with E-state index in [1.165, 1.54) is 32.5 Å². The van der Waals surface area contributed by atoms with E-state index in [1.54, 1.807) is 0 Å². The lowest BCUT2D eigenvalue weighted by molar-refractivity contribution is 1.07. The first-order valence-electron chi connectivity index (χ1n) is 36.3. The van der Waals surface area contributed by atoms with Gasteiger partial charge in [-0.1, -0.05) is 328 Å². The van der Waals surface area contributed by atoms with E-state index in [0.717, 1.165) is 144 Å². The minimum atomic E-state index is 0.613. The Morgan fingerprint density at radius 2 is 0.481 bits per heavy atom. The maximum absolute atomic E-state index is 5.37. The molecule has 9 nitrogen and oxygen atoms in total. The summed E-state index contributed by atoms with van der Waals surface area (Å²) >= 11 is 0. The third-order valence-electron chi connectivity index (χ3n) is 20.6. The molecule has 0 atom stereocenters. The number of fused-ring (bicyclic) bond motifs is 12. The number of hydrogen-bond acceptors (Lipinski definition) is 7. The smallest absolute Gasteiger partial charge is 0.164 e. The highest BCUT2D eigenvalue weighted by molar-refractivity contribution is 6.24. The summed E-state index contributed by atoms with van der Waals surface area (Å²) < 4.78 is 4.82. The van der Waals surface area contributed by atoms with Gasteiger partial charge in [-0.25, -0.2) is 34.9 Å². The Hall–Kier alpha value is -14.7. The molecular weight excluding hydrogens is 1320 g/mol. The highest BCUT2D eigenvalue weighted by Gasteiger charge is 2.24. The molecule has 504 valence electrons. The Kier molecular flexibility index (Phi) is 15.7. The quantitative estimate of drug-likeness (QED) is 0.127. The van der Waals surface area contributed by atoms with E-state index in [9.17, 15) is 0 Å². The second-order valence-corrected chi connectivity index (χ2v) is 27.1. The van der Waals surface area contributed by atoms with Crippen molar-refractivity contribution in [1.29, 1.82) is 0 Å². The topological polar surface area (TPSA) is 100 Å². The van der Waals surface area contributed by atoms with Crippen molar-refractivity contribution in [3.05, 3.63) is 382 Å². The van der Waals surface area contributed by atoms with Crippen molar-refractivity contribution in [2.75, 3.05) is 0 Å². The van der Waals surface area contributed by atoms with Crippen LogP contribution < -0.4 is 0 Å². The Balaban J connectivity index is 0.000000143. The lowest BCUT2D eigenvalue weighted by Gasteiger charge is -2.13. The molecule has 0 spiro atoms. The van der Waals surface area contributed by atoms with Gasteiger partial charge in [0.25, 0.3) is 0 Å². The van der Waals surface area contributed by atoms with Gasteiger partial charge in [-0.2, -0.15) is 0 Å². The molecule has 0 radical (unpaired) electrons. The third-order valence-corrected chi connectivity index (χ3v) is 20.6. The van der Waals surface area contributed by atoms with Crippen LogP contribution in [0.1, 0.15) is 0 Å². The summed E-state index contributed by atoms with van der Waals surface area (Å²) in [7, 11) is 0. The predicted octanol–water partition coefficient (Wildman–Crippen LogP) is 24.9. The summed E-state index contributed by atoms with van der Waals surface area (Å²) in [5, 5.41) is 11.7. The highest BCUT2D eigenvalue weighted by Crippen LogP contribution is 2.45. The van der Waals surface area contributed by atoms with Gasteiger partial charge in [0, 0.05) is 88.2 Å². The van der Waals surface area contributed by atoms with Crippen molar-refractivity contribution in [2.45, 2.75) is 0 Å². The number of pyridine rings is 2. The van der Waals surface area contributed by atoms with E-state index in [-0.39, 0.29) is 0 Å². The molecular formula is C99H63N9. The van der Waals surface area contributed by atoms with Gasteiger partial charge < -0.3 is 9.13 Å². The molecule has 21 rings (SSSR count). The molecule has 0 aliphatic carbocycles. The molecule has 0 saturated heterocycles. The molecule has 0 aliphatic rings. The van der Waals surface area contributed by atoms with Gasteiger partial charge in [-0.3, -0.25) is 0 Å². The molecule has 0 saturated carbocycles. The summed E-state index contributed by atoms with van der Waals surface area (Å²) in [6, 6.07) is 133. The average Bonchev–Trinajstić information content (AvgIpc) is 1.57. The standard InChI is InChI=1S/C52H33N5.C47H30N4/c1-3-13-34(14-4-1)36-23-27-39(28-24-36)51-54-50(38-16-5-2-6-17-38)55-52(56-51)40-29-25-37(26-30-40)48-47-44-20-10-12-22-46(44)57(49(47)43-19-9-11-21-45(43)53-48)42-32-31-35-15-7-8-18-41(35)33-42;1-3-14-32(15-4-1)41-30-42(33-16-5-2-6-17-33)50-47(49-41)35-25-23-34(24-26-35)45-44-39-20-10-12-22-43(39)51(46(44)38-19-9-11-21-40(38)48-45)37-28-27-31-13-7-8-18-36(31)29-37/h1-33H;1-30H. The highest BCUT2D eigenvalue weighted by atomic mass is 15.0. The van der Waals surface area contributed by atoms with Crippen molar-refractivity contribution in [3.8, 4) is 113 Å². The monoisotopic (exact) mass is 1380 g/mol. The Morgan fingerprint density at radius 1 is 0.185 bits per heavy atom. The van der Waals surface area contributed by atoms with Crippen LogP contribution in [0.2, 0.25) is 0 Å². The lowest BCUT2D eigenvalue weighted by atomic mass is 10.0. The molecule has 0 bridgehead atoms. The van der Waals surface area contributed by atoms with E-state index >= 15 is 0 Å². The molecule has 0 N–H and O–H groups in total. The van der Waals surface area contributed by atoms with Crippen LogP contribution in [0.4, 0.5) is 0 Å². The molecule has 0 aliphatic heterocycles. The van der Waals surface area contributed by atoms with Crippen LogP contribution in [0.3, 0.4) is 0 Å². The van der Waals surface area contributed by atoms with Crippen LogP contribution in [0.5, 0.6) is 0 Å². The number of hydrogen-bond donors (Lipinski definition) is 0. The number of nitrogens with zero attached hydrogens (tertiary/aromatic N) is 9. The first-order chi connectivity index (χ1) is 53.5. The van der Waals surface area contributed by atoms with Gasteiger partial charge >= 0.3 is 0 Å². The normalized spacial score (nSPS) is 11.5.